The van der Waals surface area contributed by atoms with Crippen molar-refractivity contribution >= 4 is 5.97 Å². The summed E-state index contributed by atoms with van der Waals surface area (Å²) in [6, 6.07) is -0.737. The minimum absolute atomic E-state index is 0.231. The first-order valence-electron chi connectivity index (χ1n) is 4.39. The smallest absolute Gasteiger partial charge is 0.323 e. The van der Waals surface area contributed by atoms with Crippen LogP contribution in [0.2, 0.25) is 0 Å². The van der Waals surface area contributed by atoms with Gasteiger partial charge in [-0.2, -0.15) is 0 Å². The molecule has 0 saturated carbocycles. The minimum atomic E-state index is -0.737. The Balaban J connectivity index is 3.97. The molecule has 0 saturated heterocycles. The molecule has 3 N–H and O–H groups in total. The highest BCUT2D eigenvalue weighted by molar-refractivity contribution is 5.75. The third kappa shape index (κ3) is 6.54. The topological polar surface area (TPSA) is 72.5 Å². The molecular weight excluding hydrogens is 170 g/mol. The Labute approximate surface area is 79.1 Å². The predicted octanol–water partition coefficient (Wildman–Crippen LogP) is 0.426. The van der Waals surface area contributed by atoms with E-state index in [9.17, 15) is 4.79 Å². The lowest BCUT2D eigenvalue weighted by atomic mass is 10.1. The first kappa shape index (κ1) is 12.4. The third-order valence-corrected chi connectivity index (χ3v) is 1.30. The van der Waals surface area contributed by atoms with Crippen LogP contribution in [-0.4, -0.2) is 28.8 Å². The number of hydrogen-bond acceptors (Lipinski definition) is 4. The Bertz CT molecular complexity index is 172. The van der Waals surface area contributed by atoms with Crippen LogP contribution in [-0.2, 0) is 9.53 Å². The van der Waals surface area contributed by atoms with Crippen LogP contribution in [0.5, 0.6) is 0 Å². The molecule has 0 aliphatic heterocycles. The van der Waals surface area contributed by atoms with Gasteiger partial charge in [-0.1, -0.05) is 0 Å². The first-order chi connectivity index (χ1) is 5.72. The fourth-order valence-corrected chi connectivity index (χ4v) is 0.841. The minimum Gasteiger partial charge on any atom is -0.459 e. The molecule has 0 heterocycles. The molecule has 0 amide bonds. The zero-order valence-corrected chi connectivity index (χ0v) is 8.70. The van der Waals surface area contributed by atoms with Gasteiger partial charge in [-0.3, -0.25) is 4.79 Å². The summed E-state index contributed by atoms with van der Waals surface area (Å²) in [4.78, 5) is 11.2. The van der Waals surface area contributed by atoms with Crippen molar-refractivity contribution in [2.75, 3.05) is 0 Å². The van der Waals surface area contributed by atoms with E-state index < -0.39 is 23.7 Å². The van der Waals surface area contributed by atoms with Crippen molar-refractivity contribution in [3.8, 4) is 0 Å². The molecular formula is C9H19NO3. The van der Waals surface area contributed by atoms with Gasteiger partial charge in [0.05, 0.1) is 6.10 Å². The van der Waals surface area contributed by atoms with Crippen molar-refractivity contribution in [3.05, 3.63) is 0 Å². The zero-order valence-electron chi connectivity index (χ0n) is 8.70. The molecule has 0 unspecified atom stereocenters. The predicted molar refractivity (Wildman–Crippen MR) is 50.1 cm³/mol. The molecule has 4 nitrogen and oxygen atoms in total. The molecule has 0 rings (SSSR count). The lowest BCUT2D eigenvalue weighted by Crippen LogP contribution is -2.39. The first-order valence-corrected chi connectivity index (χ1v) is 4.39. The number of ether oxygens (including phenoxy) is 1. The molecule has 0 bridgehead atoms. The molecule has 0 aromatic rings. The molecule has 13 heavy (non-hydrogen) atoms. The van der Waals surface area contributed by atoms with Gasteiger partial charge in [0, 0.05) is 0 Å². The number of carbonyl (C=O) groups is 1. The summed E-state index contributed by atoms with van der Waals surface area (Å²) in [6.45, 7) is 6.92. The maximum Gasteiger partial charge on any atom is 0.323 e. The number of aliphatic hydroxyl groups excluding tert-OH is 1. The standard InChI is InChI=1S/C9H19NO3/c1-6(11)5-7(10)8(12)13-9(2,3)4/h6-7,11H,5,10H2,1-4H3/t6-,7-/m0/s1. The van der Waals surface area contributed by atoms with Gasteiger partial charge in [0.2, 0.25) is 0 Å². The molecule has 0 fully saturated rings. The van der Waals surface area contributed by atoms with Crippen LogP contribution in [0.4, 0.5) is 0 Å². The highest BCUT2D eigenvalue weighted by Gasteiger charge is 2.22. The molecule has 0 aromatic carbocycles. The second kappa shape index (κ2) is 4.58. The van der Waals surface area contributed by atoms with E-state index >= 15 is 0 Å². The van der Waals surface area contributed by atoms with E-state index in [1.165, 1.54) is 0 Å². The van der Waals surface area contributed by atoms with E-state index in [-0.39, 0.29) is 6.42 Å². The van der Waals surface area contributed by atoms with Gasteiger partial charge >= 0.3 is 5.97 Å². The monoisotopic (exact) mass is 189 g/mol. The van der Waals surface area contributed by atoms with E-state index in [0.29, 0.717) is 0 Å². The molecule has 0 spiro atoms. The summed E-state index contributed by atoms with van der Waals surface area (Å²) in [6.07, 6.45) is -0.350. The summed E-state index contributed by atoms with van der Waals surface area (Å²) in [7, 11) is 0. The fourth-order valence-electron chi connectivity index (χ4n) is 0.841. The van der Waals surface area contributed by atoms with Crippen LogP contribution in [0.15, 0.2) is 0 Å². The van der Waals surface area contributed by atoms with E-state index in [2.05, 4.69) is 0 Å². The Kier molecular flexibility index (Phi) is 4.36. The van der Waals surface area contributed by atoms with Gasteiger partial charge in [0.1, 0.15) is 11.6 Å². The molecule has 0 aromatic heterocycles. The normalized spacial score (nSPS) is 16.5. The number of nitrogens with two attached hydrogens (primary N) is 1. The van der Waals surface area contributed by atoms with Gasteiger partial charge in [0.25, 0.3) is 0 Å². The Morgan fingerprint density at radius 3 is 2.31 bits per heavy atom. The Morgan fingerprint density at radius 2 is 2.00 bits per heavy atom. The maximum absolute atomic E-state index is 11.2. The Hall–Kier alpha value is -0.610. The highest BCUT2D eigenvalue weighted by Crippen LogP contribution is 2.09. The number of hydrogen-bond donors (Lipinski definition) is 2. The van der Waals surface area contributed by atoms with Crippen molar-refractivity contribution < 1.29 is 14.6 Å². The number of carbonyl (C=O) groups excluding carboxylic acids is 1. The van der Waals surface area contributed by atoms with Crippen molar-refractivity contribution in [2.45, 2.75) is 51.9 Å². The largest absolute Gasteiger partial charge is 0.459 e. The molecule has 0 aliphatic rings. The van der Waals surface area contributed by atoms with Crippen LogP contribution in [0.3, 0.4) is 0 Å². The molecule has 78 valence electrons. The van der Waals surface area contributed by atoms with Crippen LogP contribution in [0.25, 0.3) is 0 Å². The highest BCUT2D eigenvalue weighted by atomic mass is 16.6. The van der Waals surface area contributed by atoms with Crippen molar-refractivity contribution in [3.63, 3.8) is 0 Å². The zero-order chi connectivity index (χ0) is 10.6. The van der Waals surface area contributed by atoms with Crippen LogP contribution >= 0.6 is 0 Å². The van der Waals surface area contributed by atoms with E-state index in [0.717, 1.165) is 0 Å². The van der Waals surface area contributed by atoms with E-state index in [4.69, 9.17) is 15.6 Å². The lowest BCUT2D eigenvalue weighted by molar-refractivity contribution is -0.157. The average Bonchev–Trinajstić information content (AvgIpc) is 1.81. The lowest BCUT2D eigenvalue weighted by Gasteiger charge is -2.22. The third-order valence-electron chi connectivity index (χ3n) is 1.30. The summed E-state index contributed by atoms with van der Waals surface area (Å²) in [5.41, 5.74) is 4.97. The van der Waals surface area contributed by atoms with Gasteiger partial charge in [-0.05, 0) is 34.1 Å². The molecule has 0 aliphatic carbocycles. The van der Waals surface area contributed by atoms with E-state index in [1.54, 1.807) is 27.7 Å². The summed E-state index contributed by atoms with van der Waals surface area (Å²) < 4.78 is 5.03. The maximum atomic E-state index is 11.2. The number of aliphatic hydroxyl groups is 1. The second-order valence-electron chi connectivity index (χ2n) is 4.22. The van der Waals surface area contributed by atoms with Gasteiger partial charge in [0.15, 0.2) is 0 Å². The van der Waals surface area contributed by atoms with Crippen LogP contribution in [0.1, 0.15) is 34.1 Å². The van der Waals surface area contributed by atoms with Gasteiger partial charge in [-0.15, -0.1) is 0 Å². The molecule has 0 radical (unpaired) electrons. The van der Waals surface area contributed by atoms with Gasteiger partial charge < -0.3 is 15.6 Å². The van der Waals surface area contributed by atoms with Crippen molar-refractivity contribution in [1.82, 2.24) is 0 Å². The van der Waals surface area contributed by atoms with Gasteiger partial charge in [-0.25, -0.2) is 0 Å². The summed E-state index contributed by atoms with van der Waals surface area (Å²) >= 11 is 0. The molecule has 2 atom stereocenters. The SMILES string of the molecule is C[C@H](O)C[C@H](N)C(=O)OC(C)(C)C. The summed E-state index contributed by atoms with van der Waals surface area (Å²) in [5, 5.41) is 8.98. The Morgan fingerprint density at radius 1 is 1.54 bits per heavy atom. The summed E-state index contributed by atoms with van der Waals surface area (Å²) in [5.74, 6) is -0.464. The average molecular weight is 189 g/mol. The van der Waals surface area contributed by atoms with Crippen LogP contribution < -0.4 is 5.73 Å². The quantitative estimate of drug-likeness (QED) is 0.631. The molecule has 4 heteroatoms. The van der Waals surface area contributed by atoms with Crippen molar-refractivity contribution in [1.29, 1.82) is 0 Å². The fraction of sp³-hybridized carbons (Fsp3) is 0.889. The number of esters is 1. The van der Waals surface area contributed by atoms with Crippen LogP contribution in [0, 0.1) is 0 Å². The number of rotatable bonds is 3. The van der Waals surface area contributed by atoms with Crippen molar-refractivity contribution in [2.24, 2.45) is 5.73 Å². The van der Waals surface area contributed by atoms with E-state index in [1.807, 2.05) is 0 Å². The second-order valence-corrected chi connectivity index (χ2v) is 4.22.